The van der Waals surface area contributed by atoms with E-state index in [4.69, 9.17) is 16.3 Å². The summed E-state index contributed by atoms with van der Waals surface area (Å²) in [4.78, 5) is 56.2. The van der Waals surface area contributed by atoms with Crippen LogP contribution < -0.4 is 15.4 Å². The number of ketones is 1. The Morgan fingerprint density at radius 3 is 2.75 bits per heavy atom. The predicted octanol–water partition coefficient (Wildman–Crippen LogP) is 3.34. The molecule has 1 fully saturated rings. The number of ether oxygens (including phenoxy) is 1. The first-order chi connectivity index (χ1) is 21.1. The second-order valence-corrected chi connectivity index (χ2v) is 10.6. The average molecular weight is 628 g/mol. The van der Waals surface area contributed by atoms with Crippen molar-refractivity contribution in [2.45, 2.75) is 45.1 Å². The third-order valence-corrected chi connectivity index (χ3v) is 7.49. The molecular weight excluding hydrogens is 600 g/mol. The molecule has 1 aliphatic rings. The number of hydrogen-bond acceptors (Lipinski definition) is 7. The molecule has 0 spiro atoms. The minimum Gasteiger partial charge on any atom is -0.410 e. The van der Waals surface area contributed by atoms with Gasteiger partial charge < -0.3 is 24.8 Å². The topological polar surface area (TPSA) is 151 Å². The van der Waals surface area contributed by atoms with Crippen LogP contribution in [-0.2, 0) is 29.1 Å². The van der Waals surface area contributed by atoms with Crippen LogP contribution in [0.5, 0.6) is 5.75 Å². The minimum absolute atomic E-state index is 0.0943. The van der Waals surface area contributed by atoms with Gasteiger partial charge in [-0.15, -0.1) is 0 Å². The summed E-state index contributed by atoms with van der Waals surface area (Å²) >= 11 is 5.80. The highest BCUT2D eigenvalue weighted by atomic mass is 35.5. The lowest BCUT2D eigenvalue weighted by Crippen LogP contribution is -2.46. The van der Waals surface area contributed by atoms with Crippen molar-refractivity contribution >= 4 is 46.2 Å². The third kappa shape index (κ3) is 6.86. The molecular formula is C29H28ClF2N7O5. The number of H-pyrrole nitrogens is 1. The summed E-state index contributed by atoms with van der Waals surface area (Å²) in [6.45, 7) is 0.854. The van der Waals surface area contributed by atoms with E-state index < -0.39 is 35.9 Å². The number of fused-ring (bicyclic) bond motifs is 1. The highest BCUT2D eigenvalue weighted by molar-refractivity contribution is 6.30. The molecule has 44 heavy (non-hydrogen) atoms. The Morgan fingerprint density at radius 1 is 1.18 bits per heavy atom. The Balaban J connectivity index is 1.26. The molecule has 2 aromatic heterocycles. The number of amides is 3. The molecule has 12 nitrogen and oxygen atoms in total. The monoisotopic (exact) mass is 627 g/mol. The van der Waals surface area contributed by atoms with Crippen molar-refractivity contribution in [3.63, 3.8) is 0 Å². The molecule has 0 unspecified atom stereocenters. The van der Waals surface area contributed by atoms with Crippen molar-refractivity contribution in [2.75, 3.05) is 13.1 Å². The number of halogens is 3. The lowest BCUT2D eigenvalue weighted by atomic mass is 10.1. The van der Waals surface area contributed by atoms with Gasteiger partial charge in [0.1, 0.15) is 42.5 Å². The fraction of sp³-hybridized carbons (Fsp3) is 0.310. The van der Waals surface area contributed by atoms with Crippen LogP contribution in [-0.4, -0.2) is 73.6 Å². The van der Waals surface area contributed by atoms with E-state index in [-0.39, 0.29) is 60.3 Å². The normalized spacial score (nSPS) is 16.2. The quantitative estimate of drug-likeness (QED) is 0.228. The van der Waals surface area contributed by atoms with Crippen molar-refractivity contribution in [1.29, 1.82) is 0 Å². The molecule has 1 aliphatic heterocycles. The standard InChI is InChI=1S/C29H28ClF2N7O5/c1-16(40)21-13-38(23-6-5-19(10-20(21)23)44-29(43)33-8-7-25-35-15-36-37-25)14-26(41)39-12-18(31)9-24(39)28(42)34-11-17-3-2-4-22(30)27(17)32/h2-6,10,13,15,18,24H,7-9,11-12,14H2,1H3,(H,33,43)(H,34,42)(H,35,36,37)/t18-,24+/m1/s1. The molecule has 0 bridgehead atoms. The van der Waals surface area contributed by atoms with Crippen molar-refractivity contribution in [1.82, 2.24) is 35.3 Å². The van der Waals surface area contributed by atoms with Crippen molar-refractivity contribution < 1.29 is 32.7 Å². The maximum absolute atomic E-state index is 14.5. The van der Waals surface area contributed by atoms with Crippen LogP contribution in [0, 0.1) is 5.82 Å². The van der Waals surface area contributed by atoms with Gasteiger partial charge in [0, 0.05) is 54.2 Å². The van der Waals surface area contributed by atoms with Crippen molar-refractivity contribution in [3.05, 3.63) is 76.7 Å². The van der Waals surface area contributed by atoms with Gasteiger partial charge in [0.05, 0.1) is 11.6 Å². The number of rotatable bonds is 10. The molecule has 230 valence electrons. The molecule has 0 aliphatic carbocycles. The summed E-state index contributed by atoms with van der Waals surface area (Å²) < 4.78 is 35.6. The summed E-state index contributed by atoms with van der Waals surface area (Å²) in [6, 6.07) is 7.91. The van der Waals surface area contributed by atoms with Crippen LogP contribution in [0.2, 0.25) is 5.02 Å². The van der Waals surface area contributed by atoms with E-state index in [1.54, 1.807) is 12.1 Å². The van der Waals surface area contributed by atoms with E-state index in [0.29, 0.717) is 23.1 Å². The van der Waals surface area contributed by atoms with Gasteiger partial charge in [-0.05, 0) is 31.2 Å². The van der Waals surface area contributed by atoms with Crippen LogP contribution in [0.3, 0.4) is 0 Å². The highest BCUT2D eigenvalue weighted by Crippen LogP contribution is 2.28. The van der Waals surface area contributed by atoms with Gasteiger partial charge >= 0.3 is 6.09 Å². The number of aromatic amines is 1. The number of aromatic nitrogens is 4. The number of benzene rings is 2. The average Bonchev–Trinajstić information content (AvgIpc) is 3.73. The lowest BCUT2D eigenvalue weighted by molar-refractivity contribution is -0.139. The van der Waals surface area contributed by atoms with Gasteiger partial charge in [0.25, 0.3) is 0 Å². The van der Waals surface area contributed by atoms with Gasteiger partial charge in [0.15, 0.2) is 5.78 Å². The molecule has 0 saturated carbocycles. The first-order valence-corrected chi connectivity index (χ1v) is 14.1. The summed E-state index contributed by atoms with van der Waals surface area (Å²) in [5.41, 5.74) is 0.933. The van der Waals surface area contributed by atoms with Crippen molar-refractivity contribution in [2.24, 2.45) is 0 Å². The third-order valence-electron chi connectivity index (χ3n) is 7.20. The number of alkyl halides is 1. The van der Waals surface area contributed by atoms with Gasteiger partial charge in [-0.3, -0.25) is 19.5 Å². The summed E-state index contributed by atoms with van der Waals surface area (Å²) in [6.07, 6.45) is 0.936. The number of hydrogen-bond donors (Lipinski definition) is 3. The molecule has 3 N–H and O–H groups in total. The Bertz CT molecular complexity index is 1710. The molecule has 15 heteroatoms. The van der Waals surface area contributed by atoms with Crippen LogP contribution in [0.4, 0.5) is 13.6 Å². The fourth-order valence-corrected chi connectivity index (χ4v) is 5.25. The minimum atomic E-state index is -1.42. The second-order valence-electron chi connectivity index (χ2n) is 10.2. The van der Waals surface area contributed by atoms with Crippen LogP contribution >= 0.6 is 11.6 Å². The van der Waals surface area contributed by atoms with Crippen LogP contribution in [0.25, 0.3) is 10.9 Å². The zero-order chi connectivity index (χ0) is 31.4. The fourth-order valence-electron chi connectivity index (χ4n) is 5.06. The number of likely N-dealkylation sites (tertiary alicyclic amines) is 1. The number of carbonyl (C=O) groups excluding carboxylic acids is 4. The first-order valence-electron chi connectivity index (χ1n) is 13.7. The molecule has 2 atom stereocenters. The molecule has 5 rings (SSSR count). The SMILES string of the molecule is CC(=O)c1cn(CC(=O)N2C[C@H](F)C[C@H]2C(=O)NCc2cccc(Cl)c2F)c2ccc(OC(=O)NCCc3ncn[nH]3)cc12. The van der Waals surface area contributed by atoms with Gasteiger partial charge in [-0.1, -0.05) is 23.7 Å². The van der Waals surface area contributed by atoms with E-state index in [2.05, 4.69) is 25.8 Å². The summed E-state index contributed by atoms with van der Waals surface area (Å²) in [5.74, 6) is -1.35. The highest BCUT2D eigenvalue weighted by Gasteiger charge is 2.39. The molecule has 1 saturated heterocycles. The van der Waals surface area contributed by atoms with Crippen LogP contribution in [0.15, 0.2) is 48.9 Å². The van der Waals surface area contributed by atoms with E-state index in [1.165, 1.54) is 48.3 Å². The molecule has 3 amide bonds. The number of nitrogens with one attached hydrogen (secondary N) is 3. The Morgan fingerprint density at radius 2 is 2.00 bits per heavy atom. The maximum Gasteiger partial charge on any atom is 0.412 e. The first kappa shape index (κ1) is 30.6. The number of nitrogens with zero attached hydrogens (tertiary/aromatic N) is 4. The van der Waals surface area contributed by atoms with E-state index >= 15 is 0 Å². The molecule has 4 aromatic rings. The van der Waals surface area contributed by atoms with E-state index in [0.717, 1.165) is 4.90 Å². The number of Topliss-reactive ketones (excluding diaryl/α,β-unsaturated/α-hetero) is 1. The Labute approximate surface area is 254 Å². The zero-order valence-electron chi connectivity index (χ0n) is 23.5. The Kier molecular flexibility index (Phi) is 9.18. The van der Waals surface area contributed by atoms with Gasteiger partial charge in [-0.25, -0.2) is 18.6 Å². The largest absolute Gasteiger partial charge is 0.412 e. The Hall–Kier alpha value is -4.85. The maximum atomic E-state index is 14.5. The second kappa shape index (κ2) is 13.2. The zero-order valence-corrected chi connectivity index (χ0v) is 24.2. The van der Waals surface area contributed by atoms with Crippen molar-refractivity contribution in [3.8, 4) is 5.75 Å². The van der Waals surface area contributed by atoms with Gasteiger partial charge in [0.2, 0.25) is 11.8 Å². The molecule has 3 heterocycles. The van der Waals surface area contributed by atoms with E-state index in [9.17, 15) is 28.0 Å². The molecule has 2 aromatic carbocycles. The lowest BCUT2D eigenvalue weighted by Gasteiger charge is -2.24. The smallest absolute Gasteiger partial charge is 0.410 e. The molecule has 0 radical (unpaired) electrons. The predicted molar refractivity (Wildman–Crippen MR) is 154 cm³/mol. The van der Waals surface area contributed by atoms with E-state index in [1.807, 2.05) is 0 Å². The number of carbonyl (C=O) groups is 4. The van der Waals surface area contributed by atoms with Gasteiger partial charge in [-0.2, -0.15) is 5.10 Å². The summed E-state index contributed by atoms with van der Waals surface area (Å²) in [5, 5.41) is 11.9. The van der Waals surface area contributed by atoms with Crippen LogP contribution in [0.1, 0.15) is 35.1 Å². The summed E-state index contributed by atoms with van der Waals surface area (Å²) in [7, 11) is 0.